The van der Waals surface area contributed by atoms with Crippen molar-refractivity contribution in [2.75, 3.05) is 6.61 Å². The summed E-state index contributed by atoms with van der Waals surface area (Å²) in [6.45, 7) is -0.501. The van der Waals surface area contributed by atoms with Crippen LogP contribution >= 0.6 is 0 Å². The van der Waals surface area contributed by atoms with Crippen molar-refractivity contribution in [2.24, 2.45) is 0 Å². The second-order valence-electron chi connectivity index (χ2n) is 3.12. The SMILES string of the molecule is O=S(O)[C@H]1N[C@H](CO)[C@@H](O)[C@H](O)[C@@H]1O. The van der Waals surface area contributed by atoms with Crippen molar-refractivity contribution in [3.05, 3.63) is 0 Å². The molecule has 1 saturated heterocycles. The molecule has 0 aliphatic carbocycles. The summed E-state index contributed by atoms with van der Waals surface area (Å²) in [5.74, 6) is 0. The minimum atomic E-state index is -2.38. The van der Waals surface area contributed by atoms with Crippen LogP contribution in [0.5, 0.6) is 0 Å². The lowest BCUT2D eigenvalue weighted by molar-refractivity contribution is -0.107. The van der Waals surface area contributed by atoms with Crippen LogP contribution in [0.4, 0.5) is 0 Å². The maximum atomic E-state index is 10.7. The predicted molar refractivity (Wildman–Crippen MR) is 46.6 cm³/mol. The van der Waals surface area contributed by atoms with Gasteiger partial charge in [-0.3, -0.25) is 5.32 Å². The number of nitrogens with one attached hydrogen (secondary N) is 1. The third-order valence-electron chi connectivity index (χ3n) is 2.21. The molecule has 1 rings (SSSR count). The summed E-state index contributed by atoms with van der Waals surface area (Å²) in [6.07, 6.45) is -4.46. The molecular weight excluding hydrogens is 214 g/mol. The van der Waals surface area contributed by atoms with E-state index in [4.69, 9.17) is 9.66 Å². The summed E-state index contributed by atoms with van der Waals surface area (Å²) in [4.78, 5) is 0. The number of aliphatic hydroxyl groups is 4. The van der Waals surface area contributed by atoms with E-state index in [2.05, 4.69) is 5.32 Å². The summed E-state index contributed by atoms with van der Waals surface area (Å²) in [7, 11) is 0. The first kappa shape index (κ1) is 12.0. The van der Waals surface area contributed by atoms with Crippen LogP contribution in [0.2, 0.25) is 0 Å². The number of hydrogen-bond acceptors (Lipinski definition) is 6. The van der Waals surface area contributed by atoms with E-state index in [1.54, 1.807) is 0 Å². The minimum Gasteiger partial charge on any atom is -0.395 e. The third kappa shape index (κ3) is 2.11. The van der Waals surface area contributed by atoms with Crippen molar-refractivity contribution in [1.29, 1.82) is 0 Å². The van der Waals surface area contributed by atoms with Gasteiger partial charge in [-0.05, 0) is 0 Å². The van der Waals surface area contributed by atoms with Gasteiger partial charge in [0.2, 0.25) is 0 Å². The first-order chi connectivity index (χ1) is 6.49. The Morgan fingerprint density at radius 2 is 1.71 bits per heavy atom. The van der Waals surface area contributed by atoms with Crippen LogP contribution in [-0.2, 0) is 11.1 Å². The molecule has 0 bridgehead atoms. The van der Waals surface area contributed by atoms with Gasteiger partial charge in [-0.15, -0.1) is 0 Å². The van der Waals surface area contributed by atoms with Crippen molar-refractivity contribution in [2.45, 2.75) is 29.7 Å². The van der Waals surface area contributed by atoms with E-state index in [0.29, 0.717) is 0 Å². The number of piperidine rings is 1. The van der Waals surface area contributed by atoms with Crippen LogP contribution in [0.25, 0.3) is 0 Å². The number of rotatable bonds is 2. The maximum absolute atomic E-state index is 10.7. The smallest absolute Gasteiger partial charge is 0.173 e. The lowest BCUT2D eigenvalue weighted by atomic mass is 9.96. The van der Waals surface area contributed by atoms with Crippen molar-refractivity contribution in [3.8, 4) is 0 Å². The Bertz CT molecular complexity index is 224. The first-order valence-corrected chi connectivity index (χ1v) is 5.16. The average Bonchev–Trinajstić information content (AvgIpc) is 2.14. The van der Waals surface area contributed by atoms with E-state index in [-0.39, 0.29) is 0 Å². The third-order valence-corrected chi connectivity index (χ3v) is 3.06. The molecule has 14 heavy (non-hydrogen) atoms. The van der Waals surface area contributed by atoms with Gasteiger partial charge in [0, 0.05) is 0 Å². The second-order valence-corrected chi connectivity index (χ2v) is 4.18. The van der Waals surface area contributed by atoms with Gasteiger partial charge in [0.15, 0.2) is 11.1 Å². The minimum absolute atomic E-state index is 0.501. The van der Waals surface area contributed by atoms with E-state index < -0.39 is 47.4 Å². The Labute approximate surface area is 82.7 Å². The van der Waals surface area contributed by atoms with Crippen molar-refractivity contribution < 1.29 is 29.2 Å². The molecule has 0 aromatic rings. The van der Waals surface area contributed by atoms with E-state index in [1.165, 1.54) is 0 Å². The Morgan fingerprint density at radius 3 is 2.14 bits per heavy atom. The van der Waals surface area contributed by atoms with Gasteiger partial charge < -0.3 is 25.0 Å². The lowest BCUT2D eigenvalue weighted by Crippen LogP contribution is -2.66. The molecule has 0 amide bonds. The van der Waals surface area contributed by atoms with Gasteiger partial charge in [0.1, 0.15) is 23.7 Å². The largest absolute Gasteiger partial charge is 0.395 e. The fourth-order valence-electron chi connectivity index (χ4n) is 1.37. The molecular formula is C6H13NO6S. The molecule has 6 N–H and O–H groups in total. The summed E-state index contributed by atoms with van der Waals surface area (Å²) in [5.41, 5.74) is 0. The molecule has 1 aliphatic rings. The highest BCUT2D eigenvalue weighted by atomic mass is 32.2. The van der Waals surface area contributed by atoms with E-state index in [0.717, 1.165) is 0 Å². The molecule has 84 valence electrons. The highest BCUT2D eigenvalue weighted by molar-refractivity contribution is 7.79. The lowest BCUT2D eigenvalue weighted by Gasteiger charge is -2.39. The standard InChI is InChI=1S/C6H13NO6S/c8-1-2-3(9)4(10)5(11)6(7-2)14(12)13/h2-11H,1H2,(H,12,13)/t2-,3-,4+,5+,6-/m1/s1. The van der Waals surface area contributed by atoms with Crippen LogP contribution < -0.4 is 5.32 Å². The molecule has 0 saturated carbocycles. The van der Waals surface area contributed by atoms with Gasteiger partial charge in [-0.1, -0.05) is 0 Å². The van der Waals surface area contributed by atoms with Crippen LogP contribution in [0.15, 0.2) is 0 Å². The van der Waals surface area contributed by atoms with Crippen LogP contribution in [0.1, 0.15) is 0 Å². The van der Waals surface area contributed by atoms with Crippen molar-refractivity contribution in [3.63, 3.8) is 0 Å². The van der Waals surface area contributed by atoms with E-state index in [1.807, 2.05) is 0 Å². The zero-order valence-corrected chi connectivity index (χ0v) is 7.96. The molecule has 1 unspecified atom stereocenters. The molecule has 0 aromatic heterocycles. The van der Waals surface area contributed by atoms with Crippen LogP contribution in [0.3, 0.4) is 0 Å². The van der Waals surface area contributed by atoms with E-state index in [9.17, 15) is 19.5 Å². The molecule has 0 radical (unpaired) electrons. The number of aliphatic hydroxyl groups excluding tert-OH is 4. The fourth-order valence-corrected chi connectivity index (χ4v) is 2.06. The quantitative estimate of drug-likeness (QED) is 0.271. The molecule has 1 aliphatic heterocycles. The first-order valence-electron chi connectivity index (χ1n) is 3.99. The Balaban J connectivity index is 2.78. The van der Waals surface area contributed by atoms with Crippen molar-refractivity contribution >= 4 is 11.1 Å². The van der Waals surface area contributed by atoms with Gasteiger partial charge in [-0.25, -0.2) is 4.21 Å². The van der Waals surface area contributed by atoms with E-state index >= 15 is 0 Å². The monoisotopic (exact) mass is 227 g/mol. The molecule has 8 heteroatoms. The molecule has 1 heterocycles. The van der Waals surface area contributed by atoms with Crippen molar-refractivity contribution in [1.82, 2.24) is 5.32 Å². The van der Waals surface area contributed by atoms with Gasteiger partial charge in [-0.2, -0.15) is 0 Å². The summed E-state index contributed by atoms with van der Waals surface area (Å²) in [5, 5.41) is 37.7. The summed E-state index contributed by atoms with van der Waals surface area (Å²) in [6, 6.07) is -0.922. The molecule has 1 fully saturated rings. The topological polar surface area (TPSA) is 130 Å². The Morgan fingerprint density at radius 1 is 1.14 bits per heavy atom. The molecule has 0 aromatic carbocycles. The van der Waals surface area contributed by atoms with Crippen LogP contribution in [-0.4, -0.2) is 65.5 Å². The zero-order chi connectivity index (χ0) is 10.9. The predicted octanol–water partition coefficient (Wildman–Crippen LogP) is -3.42. The number of hydrogen-bond donors (Lipinski definition) is 6. The average molecular weight is 227 g/mol. The molecule has 6 atom stereocenters. The highest BCUT2D eigenvalue weighted by Gasteiger charge is 2.44. The summed E-state index contributed by atoms with van der Waals surface area (Å²) >= 11 is -2.38. The Kier molecular flexibility index (Phi) is 3.95. The van der Waals surface area contributed by atoms with Gasteiger partial charge in [0.05, 0.1) is 12.6 Å². The molecule has 7 nitrogen and oxygen atoms in total. The Hall–Kier alpha value is -0.0900. The molecule has 0 spiro atoms. The fraction of sp³-hybridized carbons (Fsp3) is 1.00. The summed E-state index contributed by atoms with van der Waals surface area (Å²) < 4.78 is 19.4. The second kappa shape index (κ2) is 4.62. The maximum Gasteiger partial charge on any atom is 0.173 e. The normalized spacial score (nSPS) is 46.2. The zero-order valence-electron chi connectivity index (χ0n) is 7.15. The van der Waals surface area contributed by atoms with Crippen LogP contribution in [0, 0.1) is 0 Å². The van der Waals surface area contributed by atoms with Gasteiger partial charge in [0.25, 0.3) is 0 Å². The highest BCUT2D eigenvalue weighted by Crippen LogP contribution is 2.16. The van der Waals surface area contributed by atoms with Gasteiger partial charge >= 0.3 is 0 Å².